The minimum absolute atomic E-state index is 0.569. The highest BCUT2D eigenvalue weighted by molar-refractivity contribution is 7.80. The van der Waals surface area contributed by atoms with Crippen molar-refractivity contribution >= 4 is 23.0 Å². The standard InChI is InChI=1S/C19H23N3S/c1-16(12-13-17-8-4-2-5-9-17)21-22-19(23)20-15-14-18-10-6-3-7-11-18/h2-11H,12-15H2,1H3,(H2,20,22,23). The van der Waals surface area contributed by atoms with E-state index in [1.165, 1.54) is 11.1 Å². The Balaban J connectivity index is 1.64. The number of hydrazone groups is 1. The van der Waals surface area contributed by atoms with Gasteiger partial charge in [0.05, 0.1) is 0 Å². The van der Waals surface area contributed by atoms with Crippen molar-refractivity contribution in [2.24, 2.45) is 5.10 Å². The van der Waals surface area contributed by atoms with E-state index in [0.29, 0.717) is 5.11 Å². The summed E-state index contributed by atoms with van der Waals surface area (Å²) in [5.74, 6) is 0. The maximum absolute atomic E-state index is 5.24. The molecule has 120 valence electrons. The summed E-state index contributed by atoms with van der Waals surface area (Å²) in [5, 5.41) is 8.07. The summed E-state index contributed by atoms with van der Waals surface area (Å²) < 4.78 is 0. The summed E-state index contributed by atoms with van der Waals surface area (Å²) in [6.45, 7) is 2.82. The molecule has 0 aliphatic carbocycles. The molecule has 0 saturated heterocycles. The summed E-state index contributed by atoms with van der Waals surface area (Å²) in [7, 11) is 0. The van der Waals surface area contributed by atoms with Crippen molar-refractivity contribution in [3.63, 3.8) is 0 Å². The van der Waals surface area contributed by atoms with Crippen molar-refractivity contribution in [1.29, 1.82) is 0 Å². The van der Waals surface area contributed by atoms with E-state index in [1.807, 2.05) is 31.2 Å². The van der Waals surface area contributed by atoms with Crippen molar-refractivity contribution in [2.45, 2.75) is 26.2 Å². The number of hydrogen-bond acceptors (Lipinski definition) is 2. The van der Waals surface area contributed by atoms with Gasteiger partial charge in [0.15, 0.2) is 5.11 Å². The first-order valence-corrected chi connectivity index (χ1v) is 8.30. The molecule has 0 spiro atoms. The van der Waals surface area contributed by atoms with Gasteiger partial charge in [-0.3, -0.25) is 5.43 Å². The third-order valence-electron chi connectivity index (χ3n) is 3.51. The van der Waals surface area contributed by atoms with E-state index < -0.39 is 0 Å². The lowest BCUT2D eigenvalue weighted by atomic mass is 10.1. The Morgan fingerprint density at radius 3 is 2.09 bits per heavy atom. The second-order valence-electron chi connectivity index (χ2n) is 5.44. The van der Waals surface area contributed by atoms with Crippen LogP contribution in [0.1, 0.15) is 24.5 Å². The number of rotatable bonds is 7. The lowest BCUT2D eigenvalue weighted by Gasteiger charge is -2.08. The summed E-state index contributed by atoms with van der Waals surface area (Å²) in [5.41, 5.74) is 6.58. The molecule has 0 bridgehead atoms. The van der Waals surface area contributed by atoms with E-state index in [2.05, 4.69) is 52.2 Å². The summed E-state index contributed by atoms with van der Waals surface area (Å²) in [6.07, 6.45) is 2.86. The van der Waals surface area contributed by atoms with E-state index in [4.69, 9.17) is 12.2 Å². The van der Waals surface area contributed by atoms with E-state index >= 15 is 0 Å². The molecule has 2 rings (SSSR count). The van der Waals surface area contributed by atoms with Gasteiger partial charge in [0, 0.05) is 12.3 Å². The van der Waals surface area contributed by atoms with Crippen LogP contribution in [0.2, 0.25) is 0 Å². The lowest BCUT2D eigenvalue weighted by Crippen LogP contribution is -2.33. The molecule has 0 aromatic heterocycles. The summed E-state index contributed by atoms with van der Waals surface area (Å²) in [6, 6.07) is 20.8. The zero-order valence-electron chi connectivity index (χ0n) is 13.5. The van der Waals surface area contributed by atoms with Gasteiger partial charge in [-0.05, 0) is 49.5 Å². The Morgan fingerprint density at radius 2 is 1.48 bits per heavy atom. The van der Waals surface area contributed by atoms with Crippen molar-refractivity contribution in [1.82, 2.24) is 10.7 Å². The van der Waals surface area contributed by atoms with Gasteiger partial charge in [0.25, 0.3) is 0 Å². The molecule has 2 N–H and O–H groups in total. The van der Waals surface area contributed by atoms with E-state index in [0.717, 1.165) is 31.5 Å². The van der Waals surface area contributed by atoms with Crippen molar-refractivity contribution in [3.05, 3.63) is 71.8 Å². The number of hydrogen-bond donors (Lipinski definition) is 2. The fourth-order valence-corrected chi connectivity index (χ4v) is 2.32. The first-order chi connectivity index (χ1) is 11.2. The highest BCUT2D eigenvalue weighted by Crippen LogP contribution is 2.03. The molecule has 2 aromatic carbocycles. The van der Waals surface area contributed by atoms with Gasteiger partial charge in [0.2, 0.25) is 0 Å². The van der Waals surface area contributed by atoms with Crippen molar-refractivity contribution in [3.8, 4) is 0 Å². The third-order valence-corrected chi connectivity index (χ3v) is 3.74. The molecule has 0 heterocycles. The van der Waals surface area contributed by atoms with Crippen molar-refractivity contribution in [2.75, 3.05) is 6.54 Å². The van der Waals surface area contributed by atoms with Crippen LogP contribution in [0.5, 0.6) is 0 Å². The second-order valence-corrected chi connectivity index (χ2v) is 5.84. The van der Waals surface area contributed by atoms with Crippen LogP contribution in [0.25, 0.3) is 0 Å². The fourth-order valence-electron chi connectivity index (χ4n) is 2.18. The molecule has 0 fully saturated rings. The molecule has 4 heteroatoms. The van der Waals surface area contributed by atoms with Crippen LogP contribution >= 0.6 is 12.2 Å². The SMILES string of the molecule is CC(CCc1ccccc1)=NNC(=S)NCCc1ccccc1. The van der Waals surface area contributed by atoms with Crippen LogP contribution in [0, 0.1) is 0 Å². The maximum atomic E-state index is 5.24. The van der Waals surface area contributed by atoms with Gasteiger partial charge >= 0.3 is 0 Å². The normalized spacial score (nSPS) is 11.1. The highest BCUT2D eigenvalue weighted by Gasteiger charge is 1.97. The zero-order valence-corrected chi connectivity index (χ0v) is 14.3. The van der Waals surface area contributed by atoms with Gasteiger partial charge in [0.1, 0.15) is 0 Å². The molecule has 0 radical (unpaired) electrons. The molecule has 0 aliphatic heterocycles. The van der Waals surface area contributed by atoms with E-state index in [-0.39, 0.29) is 0 Å². The molecule has 2 aromatic rings. The molecular formula is C19H23N3S. The number of nitrogens with zero attached hydrogens (tertiary/aromatic N) is 1. The van der Waals surface area contributed by atoms with Crippen molar-refractivity contribution < 1.29 is 0 Å². The lowest BCUT2D eigenvalue weighted by molar-refractivity contribution is 0.833. The van der Waals surface area contributed by atoms with Gasteiger partial charge in [-0.25, -0.2) is 0 Å². The maximum Gasteiger partial charge on any atom is 0.186 e. The monoisotopic (exact) mass is 325 g/mol. The largest absolute Gasteiger partial charge is 0.361 e. The smallest absolute Gasteiger partial charge is 0.186 e. The molecule has 23 heavy (non-hydrogen) atoms. The number of benzene rings is 2. The minimum atomic E-state index is 0.569. The molecule has 0 unspecified atom stereocenters. The first kappa shape index (κ1) is 17.2. The Kier molecular flexibility index (Phi) is 7.27. The first-order valence-electron chi connectivity index (χ1n) is 7.89. The van der Waals surface area contributed by atoms with Crippen LogP contribution in [0.15, 0.2) is 65.8 Å². The number of thiocarbonyl (C=S) groups is 1. The van der Waals surface area contributed by atoms with Crippen LogP contribution < -0.4 is 10.7 Å². The van der Waals surface area contributed by atoms with Gasteiger partial charge in [-0.15, -0.1) is 0 Å². The Morgan fingerprint density at radius 1 is 0.913 bits per heavy atom. The Labute approximate surface area is 143 Å². The molecule has 0 saturated carbocycles. The Bertz CT molecular complexity index is 624. The molecule has 0 aliphatic rings. The molecule has 3 nitrogen and oxygen atoms in total. The van der Waals surface area contributed by atoms with E-state index in [9.17, 15) is 0 Å². The van der Waals surface area contributed by atoms with Crippen LogP contribution in [0.3, 0.4) is 0 Å². The number of nitrogens with one attached hydrogen (secondary N) is 2. The number of aryl methyl sites for hydroxylation is 1. The molecular weight excluding hydrogens is 302 g/mol. The van der Waals surface area contributed by atoms with Gasteiger partial charge < -0.3 is 5.32 Å². The van der Waals surface area contributed by atoms with Crippen LogP contribution in [-0.2, 0) is 12.8 Å². The quantitative estimate of drug-likeness (QED) is 0.463. The third kappa shape index (κ3) is 7.06. The minimum Gasteiger partial charge on any atom is -0.361 e. The second kappa shape index (κ2) is 9.74. The van der Waals surface area contributed by atoms with Gasteiger partial charge in [-0.1, -0.05) is 60.7 Å². The molecule has 0 atom stereocenters. The fraction of sp³-hybridized carbons (Fsp3) is 0.263. The van der Waals surface area contributed by atoms with E-state index in [1.54, 1.807) is 0 Å². The predicted molar refractivity (Wildman–Crippen MR) is 102 cm³/mol. The average molecular weight is 325 g/mol. The van der Waals surface area contributed by atoms with Gasteiger partial charge in [-0.2, -0.15) is 5.10 Å². The van der Waals surface area contributed by atoms with Crippen LogP contribution in [-0.4, -0.2) is 17.4 Å². The summed E-state index contributed by atoms with van der Waals surface area (Å²) in [4.78, 5) is 0. The summed E-state index contributed by atoms with van der Waals surface area (Å²) >= 11 is 5.24. The van der Waals surface area contributed by atoms with Crippen LogP contribution in [0.4, 0.5) is 0 Å². The Hall–Kier alpha value is -2.20. The predicted octanol–water partition coefficient (Wildman–Crippen LogP) is 3.70. The highest BCUT2D eigenvalue weighted by atomic mass is 32.1. The zero-order chi connectivity index (χ0) is 16.3. The topological polar surface area (TPSA) is 36.4 Å². The average Bonchev–Trinajstić information content (AvgIpc) is 2.60. The molecule has 0 amide bonds.